The highest BCUT2D eigenvalue weighted by molar-refractivity contribution is 5.77. The van der Waals surface area contributed by atoms with Crippen molar-refractivity contribution in [1.29, 1.82) is 0 Å². The summed E-state index contributed by atoms with van der Waals surface area (Å²) in [6.45, 7) is 8.98. The van der Waals surface area contributed by atoms with Crippen LogP contribution >= 0.6 is 0 Å². The summed E-state index contributed by atoms with van der Waals surface area (Å²) in [6.07, 6.45) is 0.965. The maximum atomic E-state index is 12.7. The van der Waals surface area contributed by atoms with E-state index in [9.17, 15) is 4.79 Å². The minimum atomic E-state index is 0.101. The predicted octanol–water partition coefficient (Wildman–Crippen LogP) is 2.30. The molecule has 1 heterocycles. The molecule has 0 saturated carbocycles. The number of nitrogens with zero attached hydrogens (tertiary/aromatic N) is 1. The summed E-state index contributed by atoms with van der Waals surface area (Å²) in [5.74, 6) is 0.699. The van der Waals surface area contributed by atoms with Crippen LogP contribution in [-0.4, -0.2) is 38.6 Å². The molecule has 1 atom stereocenters. The standard InChI is InChI=1S/C23H31N3O/c1-19(2)17-22(20-9-5-3-6-10-20)24-23(27)18-25-13-15-26(16-14-25)21-11-7-4-8-12-21/h3-12,19,22H,13-18H2,1-2H3,(H,24,27)/p+1/t22-/m0/s1. The van der Waals surface area contributed by atoms with Gasteiger partial charge in [0.15, 0.2) is 6.54 Å². The molecule has 3 rings (SSSR count). The van der Waals surface area contributed by atoms with E-state index in [-0.39, 0.29) is 11.9 Å². The minimum absolute atomic E-state index is 0.101. The Balaban J connectivity index is 1.51. The van der Waals surface area contributed by atoms with Gasteiger partial charge in [-0.25, -0.2) is 0 Å². The molecule has 0 unspecified atom stereocenters. The molecule has 27 heavy (non-hydrogen) atoms. The monoisotopic (exact) mass is 366 g/mol. The van der Waals surface area contributed by atoms with E-state index in [1.54, 1.807) is 0 Å². The number of rotatable bonds is 7. The molecule has 2 aromatic carbocycles. The van der Waals surface area contributed by atoms with Crippen LogP contribution in [0.25, 0.3) is 0 Å². The van der Waals surface area contributed by atoms with Gasteiger partial charge < -0.3 is 15.1 Å². The van der Waals surface area contributed by atoms with Crippen LogP contribution < -0.4 is 15.1 Å². The smallest absolute Gasteiger partial charge is 0.275 e. The fourth-order valence-corrected chi connectivity index (χ4v) is 3.80. The molecule has 144 valence electrons. The first-order valence-electron chi connectivity index (χ1n) is 10.1. The average Bonchev–Trinajstić information content (AvgIpc) is 2.69. The minimum Gasteiger partial charge on any atom is -0.360 e. The number of para-hydroxylation sites is 1. The normalized spacial score (nSPS) is 16.3. The van der Waals surface area contributed by atoms with Gasteiger partial charge >= 0.3 is 0 Å². The largest absolute Gasteiger partial charge is 0.360 e. The number of carbonyl (C=O) groups excluding carboxylic acids is 1. The fourth-order valence-electron chi connectivity index (χ4n) is 3.80. The van der Waals surface area contributed by atoms with Crippen LogP contribution in [0.1, 0.15) is 31.9 Å². The molecule has 0 bridgehead atoms. The van der Waals surface area contributed by atoms with Gasteiger partial charge in [-0.3, -0.25) is 4.79 Å². The summed E-state index contributed by atoms with van der Waals surface area (Å²) in [7, 11) is 0. The summed E-state index contributed by atoms with van der Waals surface area (Å²) in [5.41, 5.74) is 2.48. The number of piperazine rings is 1. The Bertz CT molecular complexity index is 694. The van der Waals surface area contributed by atoms with Crippen molar-refractivity contribution in [3.05, 3.63) is 66.2 Å². The average molecular weight is 367 g/mol. The van der Waals surface area contributed by atoms with Crippen molar-refractivity contribution in [1.82, 2.24) is 5.32 Å². The van der Waals surface area contributed by atoms with Gasteiger partial charge in [0.05, 0.1) is 32.2 Å². The second-order valence-corrected chi connectivity index (χ2v) is 7.91. The number of nitrogens with one attached hydrogen (secondary N) is 2. The van der Waals surface area contributed by atoms with E-state index in [4.69, 9.17) is 0 Å². The molecule has 1 fully saturated rings. The molecule has 0 spiro atoms. The quantitative estimate of drug-likeness (QED) is 0.789. The van der Waals surface area contributed by atoms with Crippen molar-refractivity contribution in [2.45, 2.75) is 26.3 Å². The van der Waals surface area contributed by atoms with Crippen molar-refractivity contribution in [3.8, 4) is 0 Å². The Labute approximate surface area is 163 Å². The van der Waals surface area contributed by atoms with E-state index in [0.29, 0.717) is 12.5 Å². The Morgan fingerprint density at radius 3 is 2.19 bits per heavy atom. The lowest BCUT2D eigenvalue weighted by atomic mass is 9.97. The Morgan fingerprint density at radius 2 is 1.59 bits per heavy atom. The van der Waals surface area contributed by atoms with E-state index in [1.165, 1.54) is 16.2 Å². The maximum absolute atomic E-state index is 12.7. The number of hydrogen-bond donors (Lipinski definition) is 2. The lowest BCUT2D eigenvalue weighted by Crippen LogP contribution is -3.16. The van der Waals surface area contributed by atoms with E-state index in [2.05, 4.69) is 66.5 Å². The molecule has 1 saturated heterocycles. The summed E-state index contributed by atoms with van der Waals surface area (Å²) in [4.78, 5) is 16.5. The van der Waals surface area contributed by atoms with E-state index in [1.807, 2.05) is 18.2 Å². The Kier molecular flexibility index (Phi) is 6.88. The zero-order valence-electron chi connectivity index (χ0n) is 16.5. The molecular weight excluding hydrogens is 334 g/mol. The molecular formula is C23H32N3O+. The van der Waals surface area contributed by atoms with Gasteiger partial charge in [0.25, 0.3) is 5.91 Å². The first kappa shape index (κ1) is 19.4. The molecule has 1 amide bonds. The van der Waals surface area contributed by atoms with Gasteiger partial charge in [-0.05, 0) is 30.0 Å². The molecule has 4 heteroatoms. The molecule has 2 aromatic rings. The Morgan fingerprint density at radius 1 is 1.00 bits per heavy atom. The first-order valence-corrected chi connectivity index (χ1v) is 10.1. The van der Waals surface area contributed by atoms with E-state index in [0.717, 1.165) is 32.6 Å². The highest BCUT2D eigenvalue weighted by Gasteiger charge is 2.24. The summed E-state index contributed by atoms with van der Waals surface area (Å²) in [5, 5.41) is 3.28. The number of hydrogen-bond acceptors (Lipinski definition) is 2. The van der Waals surface area contributed by atoms with E-state index >= 15 is 0 Å². The van der Waals surface area contributed by atoms with E-state index < -0.39 is 0 Å². The summed E-state index contributed by atoms with van der Waals surface area (Å²) in [6, 6.07) is 21.0. The zero-order chi connectivity index (χ0) is 19.1. The van der Waals surface area contributed by atoms with Crippen LogP contribution in [0.15, 0.2) is 60.7 Å². The summed E-state index contributed by atoms with van der Waals surface area (Å²) < 4.78 is 0. The topological polar surface area (TPSA) is 36.8 Å². The van der Waals surface area contributed by atoms with Crippen molar-refractivity contribution in [2.75, 3.05) is 37.6 Å². The number of anilines is 1. The van der Waals surface area contributed by atoms with Gasteiger partial charge in [0.2, 0.25) is 0 Å². The highest BCUT2D eigenvalue weighted by atomic mass is 16.2. The molecule has 4 nitrogen and oxygen atoms in total. The van der Waals surface area contributed by atoms with Crippen LogP contribution in [0.3, 0.4) is 0 Å². The van der Waals surface area contributed by atoms with Gasteiger partial charge in [-0.15, -0.1) is 0 Å². The van der Waals surface area contributed by atoms with Crippen LogP contribution in [0.5, 0.6) is 0 Å². The third kappa shape index (κ3) is 5.83. The number of amides is 1. The zero-order valence-corrected chi connectivity index (χ0v) is 16.5. The second kappa shape index (κ2) is 9.56. The molecule has 1 aliphatic heterocycles. The van der Waals surface area contributed by atoms with Crippen LogP contribution in [0.4, 0.5) is 5.69 Å². The number of quaternary nitrogens is 1. The predicted molar refractivity (Wildman–Crippen MR) is 111 cm³/mol. The highest BCUT2D eigenvalue weighted by Crippen LogP contribution is 2.20. The Hall–Kier alpha value is -2.33. The second-order valence-electron chi connectivity index (χ2n) is 7.91. The summed E-state index contributed by atoms with van der Waals surface area (Å²) >= 11 is 0. The molecule has 1 aliphatic rings. The molecule has 0 radical (unpaired) electrons. The first-order chi connectivity index (χ1) is 13.1. The lowest BCUT2D eigenvalue weighted by Gasteiger charge is -2.33. The third-order valence-corrected chi connectivity index (χ3v) is 5.25. The molecule has 0 aliphatic carbocycles. The van der Waals surface area contributed by atoms with Gasteiger partial charge in [0.1, 0.15) is 0 Å². The molecule has 0 aromatic heterocycles. The van der Waals surface area contributed by atoms with Gasteiger partial charge in [-0.1, -0.05) is 62.4 Å². The SMILES string of the molecule is CC(C)C[C@H](NC(=O)C[NH+]1CCN(c2ccccc2)CC1)c1ccccc1. The lowest BCUT2D eigenvalue weighted by molar-refractivity contribution is -0.892. The van der Waals surface area contributed by atoms with Gasteiger partial charge in [-0.2, -0.15) is 0 Å². The third-order valence-electron chi connectivity index (χ3n) is 5.25. The van der Waals surface area contributed by atoms with Crippen molar-refractivity contribution >= 4 is 11.6 Å². The number of carbonyl (C=O) groups is 1. The van der Waals surface area contributed by atoms with Crippen molar-refractivity contribution in [2.24, 2.45) is 5.92 Å². The van der Waals surface area contributed by atoms with Crippen LogP contribution in [0, 0.1) is 5.92 Å². The molecule has 2 N–H and O–H groups in total. The van der Waals surface area contributed by atoms with Crippen LogP contribution in [0.2, 0.25) is 0 Å². The van der Waals surface area contributed by atoms with Crippen LogP contribution in [-0.2, 0) is 4.79 Å². The number of benzene rings is 2. The maximum Gasteiger partial charge on any atom is 0.275 e. The fraction of sp³-hybridized carbons (Fsp3) is 0.435. The van der Waals surface area contributed by atoms with Crippen molar-refractivity contribution < 1.29 is 9.69 Å². The van der Waals surface area contributed by atoms with Gasteiger partial charge in [0, 0.05) is 5.69 Å². The van der Waals surface area contributed by atoms with Crippen molar-refractivity contribution in [3.63, 3.8) is 0 Å².